The zero-order valence-corrected chi connectivity index (χ0v) is 17.6. The summed E-state index contributed by atoms with van der Waals surface area (Å²) in [4.78, 5) is 48.7. The molecule has 7 nitrogen and oxygen atoms in total. The van der Waals surface area contributed by atoms with E-state index in [-0.39, 0.29) is 12.5 Å². The normalized spacial score (nSPS) is 18.8. The van der Waals surface area contributed by atoms with Crippen LogP contribution in [0.15, 0.2) is 48.5 Å². The van der Waals surface area contributed by atoms with Crippen LogP contribution in [0.25, 0.3) is 0 Å². The zero-order valence-electron chi connectivity index (χ0n) is 16.8. The van der Waals surface area contributed by atoms with Crippen molar-refractivity contribution in [2.75, 3.05) is 17.6 Å². The Morgan fingerprint density at radius 2 is 2.00 bits per heavy atom. The fourth-order valence-electron chi connectivity index (χ4n) is 3.26. The van der Waals surface area contributed by atoms with Gasteiger partial charge in [-0.25, -0.2) is 9.18 Å². The lowest BCUT2D eigenvalue weighted by atomic mass is 10.0. The SMILES string of the molecule is CC(C=O)c1cccc(NC(=O)NCC(=O)N2C(C=O)CSC2c2ccccc2F)c1. The fourth-order valence-corrected chi connectivity index (χ4v) is 4.68. The van der Waals surface area contributed by atoms with E-state index in [1.165, 1.54) is 22.7 Å². The Kier molecular flexibility index (Phi) is 7.41. The largest absolute Gasteiger partial charge is 0.329 e. The molecule has 0 spiro atoms. The van der Waals surface area contributed by atoms with E-state index in [9.17, 15) is 23.6 Å². The van der Waals surface area contributed by atoms with Gasteiger partial charge in [-0.3, -0.25) is 4.79 Å². The first kappa shape index (κ1) is 22.5. The van der Waals surface area contributed by atoms with E-state index in [0.717, 1.165) is 11.8 Å². The highest BCUT2D eigenvalue weighted by Crippen LogP contribution is 2.41. The number of carbonyl (C=O) groups excluding carboxylic acids is 4. The molecule has 1 heterocycles. The maximum atomic E-state index is 14.2. The van der Waals surface area contributed by atoms with Gasteiger partial charge in [0, 0.05) is 22.9 Å². The van der Waals surface area contributed by atoms with Crippen molar-refractivity contribution in [3.8, 4) is 0 Å². The average molecular weight is 444 g/mol. The molecule has 2 N–H and O–H groups in total. The van der Waals surface area contributed by atoms with Crippen molar-refractivity contribution in [2.24, 2.45) is 0 Å². The third-order valence-electron chi connectivity index (χ3n) is 4.93. The number of benzene rings is 2. The standard InChI is InChI=1S/C22H22FN3O4S/c1-14(11-27)15-5-4-6-16(9-15)25-22(30)24-10-20(29)26-17(12-28)13-31-21(26)18-7-2-3-8-19(18)23/h2-9,11-12,14,17,21H,10,13H2,1H3,(H2,24,25,30). The van der Waals surface area contributed by atoms with Crippen LogP contribution in [0.5, 0.6) is 0 Å². The summed E-state index contributed by atoms with van der Waals surface area (Å²) in [6.07, 6.45) is 1.47. The summed E-state index contributed by atoms with van der Waals surface area (Å²) >= 11 is 1.30. The Labute approximate surface area is 183 Å². The lowest BCUT2D eigenvalue weighted by molar-refractivity contribution is -0.135. The monoisotopic (exact) mass is 443 g/mol. The van der Waals surface area contributed by atoms with Crippen molar-refractivity contribution < 1.29 is 23.6 Å². The molecule has 1 aliphatic heterocycles. The van der Waals surface area contributed by atoms with Gasteiger partial charge in [0.15, 0.2) is 0 Å². The maximum absolute atomic E-state index is 14.2. The van der Waals surface area contributed by atoms with Crippen LogP contribution < -0.4 is 10.6 Å². The molecule has 3 amide bonds. The van der Waals surface area contributed by atoms with E-state index in [2.05, 4.69) is 10.6 Å². The Morgan fingerprint density at radius 3 is 2.71 bits per heavy atom. The number of halogens is 1. The molecule has 3 unspecified atom stereocenters. The van der Waals surface area contributed by atoms with Crippen LogP contribution in [0.1, 0.15) is 29.3 Å². The molecule has 1 aliphatic rings. The van der Waals surface area contributed by atoms with Gasteiger partial charge in [0.25, 0.3) is 0 Å². The Hall–Kier alpha value is -3.20. The molecule has 31 heavy (non-hydrogen) atoms. The summed E-state index contributed by atoms with van der Waals surface area (Å²) in [5.41, 5.74) is 1.54. The van der Waals surface area contributed by atoms with Gasteiger partial charge < -0.3 is 25.1 Å². The van der Waals surface area contributed by atoms with Gasteiger partial charge in [-0.05, 0) is 23.8 Å². The molecule has 9 heteroatoms. The molecule has 0 saturated carbocycles. The predicted molar refractivity (Wildman–Crippen MR) is 116 cm³/mol. The van der Waals surface area contributed by atoms with Crippen molar-refractivity contribution in [1.82, 2.24) is 10.2 Å². The second kappa shape index (κ2) is 10.2. The fraction of sp³-hybridized carbons (Fsp3) is 0.273. The molecule has 0 aliphatic carbocycles. The van der Waals surface area contributed by atoms with Crippen molar-refractivity contribution in [1.29, 1.82) is 0 Å². The molecule has 3 rings (SSSR count). The topological polar surface area (TPSA) is 95.6 Å². The molecule has 3 atom stereocenters. The third-order valence-corrected chi connectivity index (χ3v) is 6.26. The highest BCUT2D eigenvalue weighted by atomic mass is 32.2. The van der Waals surface area contributed by atoms with E-state index in [1.807, 2.05) is 0 Å². The number of thioether (sulfide) groups is 1. The number of urea groups is 1. The van der Waals surface area contributed by atoms with Crippen LogP contribution in [0.4, 0.5) is 14.9 Å². The van der Waals surface area contributed by atoms with Crippen molar-refractivity contribution >= 4 is 42.0 Å². The summed E-state index contributed by atoms with van der Waals surface area (Å²) in [6, 6.07) is 11.6. The van der Waals surface area contributed by atoms with Crippen LogP contribution in [-0.2, 0) is 14.4 Å². The molecule has 1 fully saturated rings. The number of hydrogen-bond donors (Lipinski definition) is 2. The summed E-state index contributed by atoms with van der Waals surface area (Å²) in [5, 5.41) is 4.44. The van der Waals surface area contributed by atoms with E-state index in [1.54, 1.807) is 49.4 Å². The van der Waals surface area contributed by atoms with Gasteiger partial charge in [0.2, 0.25) is 5.91 Å². The molecular weight excluding hydrogens is 421 g/mol. The van der Waals surface area contributed by atoms with Crippen LogP contribution in [0.2, 0.25) is 0 Å². The number of anilines is 1. The van der Waals surface area contributed by atoms with Crippen LogP contribution in [0.3, 0.4) is 0 Å². The number of hydrogen-bond acceptors (Lipinski definition) is 5. The molecule has 0 aromatic heterocycles. The van der Waals surface area contributed by atoms with Gasteiger partial charge in [-0.2, -0.15) is 0 Å². The number of amides is 3. The Bertz CT molecular complexity index is 987. The van der Waals surface area contributed by atoms with Gasteiger partial charge in [0.05, 0.1) is 12.6 Å². The lowest BCUT2D eigenvalue weighted by Crippen LogP contribution is -2.45. The molecule has 0 radical (unpaired) electrons. The number of nitrogens with zero attached hydrogens (tertiary/aromatic N) is 1. The van der Waals surface area contributed by atoms with E-state index < -0.39 is 29.2 Å². The summed E-state index contributed by atoms with van der Waals surface area (Å²) < 4.78 is 14.2. The molecule has 2 aromatic rings. The van der Waals surface area contributed by atoms with E-state index in [0.29, 0.717) is 23.3 Å². The third kappa shape index (κ3) is 5.29. The number of nitrogens with one attached hydrogen (secondary N) is 2. The minimum atomic E-state index is -0.700. The first-order chi connectivity index (χ1) is 14.9. The number of aldehydes is 2. The molecule has 0 bridgehead atoms. The van der Waals surface area contributed by atoms with E-state index >= 15 is 0 Å². The van der Waals surface area contributed by atoms with Crippen molar-refractivity contribution in [3.63, 3.8) is 0 Å². The Balaban J connectivity index is 1.64. The number of carbonyl (C=O) groups is 4. The van der Waals surface area contributed by atoms with Crippen LogP contribution in [0, 0.1) is 5.82 Å². The van der Waals surface area contributed by atoms with Crippen molar-refractivity contribution in [2.45, 2.75) is 24.3 Å². The van der Waals surface area contributed by atoms with Gasteiger partial charge in [-0.1, -0.05) is 37.3 Å². The maximum Gasteiger partial charge on any atom is 0.319 e. The van der Waals surface area contributed by atoms with Crippen LogP contribution >= 0.6 is 11.8 Å². The minimum Gasteiger partial charge on any atom is -0.329 e. The first-order valence-corrected chi connectivity index (χ1v) is 10.7. The second-order valence-electron chi connectivity index (χ2n) is 7.07. The molecule has 1 saturated heterocycles. The first-order valence-electron chi connectivity index (χ1n) is 9.67. The summed E-state index contributed by atoms with van der Waals surface area (Å²) in [7, 11) is 0. The molecule has 162 valence electrons. The van der Waals surface area contributed by atoms with Gasteiger partial charge >= 0.3 is 6.03 Å². The van der Waals surface area contributed by atoms with Gasteiger partial charge in [0.1, 0.15) is 23.8 Å². The summed E-state index contributed by atoms with van der Waals surface area (Å²) in [5.74, 6) is -0.912. The average Bonchev–Trinajstić information content (AvgIpc) is 3.21. The Morgan fingerprint density at radius 1 is 1.23 bits per heavy atom. The van der Waals surface area contributed by atoms with Crippen LogP contribution in [-0.4, -0.2) is 47.7 Å². The lowest BCUT2D eigenvalue weighted by Gasteiger charge is -2.27. The smallest absolute Gasteiger partial charge is 0.319 e. The predicted octanol–water partition coefficient (Wildman–Crippen LogP) is 3.09. The zero-order chi connectivity index (χ0) is 22.4. The summed E-state index contributed by atoms with van der Waals surface area (Å²) in [6.45, 7) is 1.39. The molecular formula is C22H22FN3O4S. The second-order valence-corrected chi connectivity index (χ2v) is 8.18. The number of rotatable bonds is 7. The quantitative estimate of drug-likeness (QED) is 0.641. The van der Waals surface area contributed by atoms with Gasteiger partial charge in [-0.15, -0.1) is 11.8 Å². The minimum absolute atomic E-state index is 0.311. The highest BCUT2D eigenvalue weighted by molar-refractivity contribution is 7.99. The van der Waals surface area contributed by atoms with Crippen molar-refractivity contribution in [3.05, 3.63) is 65.5 Å². The highest BCUT2D eigenvalue weighted by Gasteiger charge is 2.39. The van der Waals surface area contributed by atoms with E-state index in [4.69, 9.17) is 0 Å². The molecule has 2 aromatic carbocycles.